The fourth-order valence-corrected chi connectivity index (χ4v) is 2.52. The zero-order valence-electron chi connectivity index (χ0n) is 12.1. The molecule has 3 N–H and O–H groups in total. The van der Waals surface area contributed by atoms with Crippen molar-refractivity contribution < 1.29 is 4.79 Å². The number of piperidine rings is 1. The van der Waals surface area contributed by atoms with Crippen molar-refractivity contribution in [2.45, 2.75) is 39.0 Å². The van der Waals surface area contributed by atoms with Gasteiger partial charge in [-0.3, -0.25) is 4.79 Å². The summed E-state index contributed by atoms with van der Waals surface area (Å²) in [4.78, 5) is 22.2. The number of carbonyl (C=O) groups excluding carboxylic acids is 1. The lowest BCUT2D eigenvalue weighted by molar-refractivity contribution is -0.131. The van der Waals surface area contributed by atoms with Crippen LogP contribution in [0.15, 0.2) is 6.33 Å². The van der Waals surface area contributed by atoms with Crippen LogP contribution in [0.3, 0.4) is 0 Å². The Kier molecular flexibility index (Phi) is 5.15. The molecule has 6 heteroatoms. The summed E-state index contributed by atoms with van der Waals surface area (Å²) in [6.45, 7) is 4.40. The molecule has 1 amide bonds. The Labute approximate surface area is 119 Å². The normalized spacial score (nSPS) is 15.2. The molecule has 0 spiro atoms. The minimum absolute atomic E-state index is 0.220. The zero-order chi connectivity index (χ0) is 14.4. The minimum Gasteiger partial charge on any atom is -0.383 e. The molecule has 2 rings (SSSR count). The summed E-state index contributed by atoms with van der Waals surface area (Å²) in [7, 11) is 0. The van der Waals surface area contributed by atoms with Crippen molar-refractivity contribution in [2.75, 3.05) is 30.7 Å². The Morgan fingerprint density at radius 2 is 2.10 bits per heavy atom. The highest BCUT2D eigenvalue weighted by Crippen LogP contribution is 2.17. The number of anilines is 2. The van der Waals surface area contributed by atoms with Crippen LogP contribution in [0.4, 0.5) is 11.6 Å². The fourth-order valence-electron chi connectivity index (χ4n) is 2.52. The van der Waals surface area contributed by atoms with Gasteiger partial charge < -0.3 is 16.0 Å². The van der Waals surface area contributed by atoms with E-state index in [1.165, 1.54) is 12.7 Å². The molecule has 6 nitrogen and oxygen atoms in total. The van der Waals surface area contributed by atoms with Gasteiger partial charge in [0, 0.05) is 31.6 Å². The van der Waals surface area contributed by atoms with Gasteiger partial charge in [-0.25, -0.2) is 9.97 Å². The molecule has 0 atom stereocenters. The van der Waals surface area contributed by atoms with Crippen molar-refractivity contribution in [3.05, 3.63) is 11.9 Å². The van der Waals surface area contributed by atoms with Crippen molar-refractivity contribution >= 4 is 17.5 Å². The number of hydrogen-bond acceptors (Lipinski definition) is 5. The molecule has 1 aliphatic rings. The van der Waals surface area contributed by atoms with Crippen molar-refractivity contribution in [3.8, 4) is 0 Å². The van der Waals surface area contributed by atoms with Crippen molar-refractivity contribution in [1.29, 1.82) is 0 Å². The molecule has 110 valence electrons. The Bertz CT molecular complexity index is 457. The Morgan fingerprint density at radius 1 is 1.35 bits per heavy atom. The van der Waals surface area contributed by atoms with Crippen LogP contribution in [-0.4, -0.2) is 40.4 Å². The second-order valence-corrected chi connectivity index (χ2v) is 5.06. The number of aromatic nitrogens is 2. The smallest absolute Gasteiger partial charge is 0.224 e. The molecule has 1 saturated heterocycles. The summed E-state index contributed by atoms with van der Waals surface area (Å²) in [6, 6.07) is 0. The van der Waals surface area contributed by atoms with E-state index in [4.69, 9.17) is 5.73 Å². The van der Waals surface area contributed by atoms with Gasteiger partial charge in [-0.15, -0.1) is 0 Å². The van der Waals surface area contributed by atoms with Gasteiger partial charge >= 0.3 is 0 Å². The zero-order valence-corrected chi connectivity index (χ0v) is 12.1. The van der Waals surface area contributed by atoms with Crippen molar-refractivity contribution in [3.63, 3.8) is 0 Å². The van der Waals surface area contributed by atoms with Gasteiger partial charge in [-0.2, -0.15) is 0 Å². The first-order valence-corrected chi connectivity index (χ1v) is 7.33. The summed E-state index contributed by atoms with van der Waals surface area (Å²) in [6.07, 6.45) is 6.21. The summed E-state index contributed by atoms with van der Waals surface area (Å²) in [5.74, 6) is 1.47. The first-order valence-electron chi connectivity index (χ1n) is 7.33. The molecule has 2 heterocycles. The quantitative estimate of drug-likeness (QED) is 0.850. The van der Waals surface area contributed by atoms with Crippen LogP contribution < -0.4 is 11.1 Å². The predicted molar refractivity (Wildman–Crippen MR) is 79.4 cm³/mol. The summed E-state index contributed by atoms with van der Waals surface area (Å²) < 4.78 is 0. The van der Waals surface area contributed by atoms with Crippen molar-refractivity contribution in [1.82, 2.24) is 14.9 Å². The Morgan fingerprint density at radius 3 is 2.80 bits per heavy atom. The lowest BCUT2D eigenvalue weighted by Gasteiger charge is -2.26. The maximum Gasteiger partial charge on any atom is 0.224 e. The van der Waals surface area contributed by atoms with Crippen LogP contribution in [0.25, 0.3) is 0 Å². The first-order chi connectivity index (χ1) is 9.72. The Balaban J connectivity index is 1.83. The molecule has 1 fully saturated rings. The van der Waals surface area contributed by atoms with E-state index in [0.29, 0.717) is 18.8 Å². The lowest BCUT2D eigenvalue weighted by atomic mass is 10.1. The third kappa shape index (κ3) is 3.59. The number of nitrogens with one attached hydrogen (secondary N) is 1. The highest BCUT2D eigenvalue weighted by molar-refractivity contribution is 5.76. The average Bonchev–Trinajstić information content (AvgIpc) is 2.48. The van der Waals surface area contributed by atoms with E-state index in [2.05, 4.69) is 15.3 Å². The molecule has 20 heavy (non-hydrogen) atoms. The molecular formula is C14H23N5O. The number of rotatable bonds is 5. The second-order valence-electron chi connectivity index (χ2n) is 5.06. The van der Waals surface area contributed by atoms with Gasteiger partial charge in [0.15, 0.2) is 0 Å². The molecule has 0 aromatic carbocycles. The van der Waals surface area contributed by atoms with Gasteiger partial charge in [-0.1, -0.05) is 6.92 Å². The number of nitrogen functional groups attached to an aromatic ring is 1. The van der Waals surface area contributed by atoms with Crippen molar-refractivity contribution in [2.24, 2.45) is 0 Å². The van der Waals surface area contributed by atoms with E-state index in [1.54, 1.807) is 0 Å². The standard InChI is InChI=1S/C14H23N5O/c1-2-11-13(15)17-10-18-14(11)16-7-6-12(20)19-8-4-3-5-9-19/h10H,2-9H2,1H3,(H3,15,16,17,18). The van der Waals surface area contributed by atoms with E-state index >= 15 is 0 Å². The number of nitrogens with zero attached hydrogens (tertiary/aromatic N) is 3. The van der Waals surface area contributed by atoms with E-state index in [0.717, 1.165) is 43.7 Å². The van der Waals surface area contributed by atoms with E-state index < -0.39 is 0 Å². The summed E-state index contributed by atoms with van der Waals surface area (Å²) in [5, 5.41) is 3.20. The number of hydrogen-bond donors (Lipinski definition) is 2. The Hall–Kier alpha value is -1.85. The van der Waals surface area contributed by atoms with Crippen LogP contribution in [-0.2, 0) is 11.2 Å². The molecule has 0 bridgehead atoms. The van der Waals surface area contributed by atoms with Crippen LogP contribution in [0.5, 0.6) is 0 Å². The number of nitrogens with two attached hydrogens (primary N) is 1. The molecule has 1 aliphatic heterocycles. The molecule has 0 saturated carbocycles. The van der Waals surface area contributed by atoms with Crippen LogP contribution >= 0.6 is 0 Å². The number of likely N-dealkylation sites (tertiary alicyclic amines) is 1. The van der Waals surface area contributed by atoms with Crippen LogP contribution in [0, 0.1) is 0 Å². The molecule has 1 aromatic rings. The molecule has 0 radical (unpaired) electrons. The maximum absolute atomic E-state index is 12.0. The molecule has 1 aromatic heterocycles. The van der Waals surface area contributed by atoms with E-state index in [1.807, 2.05) is 11.8 Å². The SMILES string of the molecule is CCc1c(N)ncnc1NCCC(=O)N1CCCCC1. The maximum atomic E-state index is 12.0. The van der Waals surface area contributed by atoms with E-state index in [-0.39, 0.29) is 5.91 Å². The second kappa shape index (κ2) is 7.07. The molecule has 0 unspecified atom stereocenters. The first kappa shape index (κ1) is 14.6. The summed E-state index contributed by atoms with van der Waals surface area (Å²) in [5.41, 5.74) is 6.73. The molecule has 0 aliphatic carbocycles. The largest absolute Gasteiger partial charge is 0.383 e. The summed E-state index contributed by atoms with van der Waals surface area (Å²) >= 11 is 0. The third-order valence-corrected chi connectivity index (χ3v) is 3.67. The third-order valence-electron chi connectivity index (χ3n) is 3.67. The lowest BCUT2D eigenvalue weighted by Crippen LogP contribution is -2.36. The van der Waals surface area contributed by atoms with Gasteiger partial charge in [0.05, 0.1) is 0 Å². The van der Waals surface area contributed by atoms with Gasteiger partial charge in [0.2, 0.25) is 5.91 Å². The minimum atomic E-state index is 0.220. The highest BCUT2D eigenvalue weighted by atomic mass is 16.2. The van der Waals surface area contributed by atoms with Crippen LogP contribution in [0.2, 0.25) is 0 Å². The van der Waals surface area contributed by atoms with Crippen LogP contribution in [0.1, 0.15) is 38.2 Å². The predicted octanol–water partition coefficient (Wildman–Crippen LogP) is 1.44. The fraction of sp³-hybridized carbons (Fsp3) is 0.643. The molecular weight excluding hydrogens is 254 g/mol. The number of carbonyl (C=O) groups is 1. The average molecular weight is 277 g/mol. The number of amides is 1. The van der Waals surface area contributed by atoms with Gasteiger partial charge in [0.1, 0.15) is 18.0 Å². The monoisotopic (exact) mass is 277 g/mol. The topological polar surface area (TPSA) is 84.1 Å². The van der Waals surface area contributed by atoms with Gasteiger partial charge in [-0.05, 0) is 25.7 Å². The van der Waals surface area contributed by atoms with Gasteiger partial charge in [0.25, 0.3) is 0 Å². The van der Waals surface area contributed by atoms with E-state index in [9.17, 15) is 4.79 Å². The highest BCUT2D eigenvalue weighted by Gasteiger charge is 2.16.